The van der Waals surface area contributed by atoms with Crippen molar-refractivity contribution in [3.05, 3.63) is 60.8 Å². The van der Waals surface area contributed by atoms with Crippen LogP contribution in [0.4, 0.5) is 17.3 Å². The molecule has 0 aliphatic rings. The van der Waals surface area contributed by atoms with E-state index in [4.69, 9.17) is 18.0 Å². The van der Waals surface area contributed by atoms with E-state index in [0.717, 1.165) is 29.9 Å². The Hall–Kier alpha value is -3.12. The van der Waals surface area contributed by atoms with Gasteiger partial charge in [0, 0.05) is 29.7 Å². The smallest absolute Gasteiger partial charge is 0.240 e. The van der Waals surface area contributed by atoms with E-state index in [-0.39, 0.29) is 10.0 Å². The minimum Gasteiger partial charge on any atom is -0.376 e. The van der Waals surface area contributed by atoms with Crippen molar-refractivity contribution in [3.8, 4) is 11.3 Å². The second-order valence-corrected chi connectivity index (χ2v) is 9.74. The van der Waals surface area contributed by atoms with Gasteiger partial charge in [0.25, 0.3) is 0 Å². The molecule has 0 saturated carbocycles. The fourth-order valence-electron chi connectivity index (χ4n) is 2.98. The van der Waals surface area contributed by atoms with Gasteiger partial charge in [-0.3, -0.25) is 0 Å². The summed E-state index contributed by atoms with van der Waals surface area (Å²) < 4.78 is 27.5. The third kappa shape index (κ3) is 7.46. The number of nitrogens with two attached hydrogens (primary N) is 1. The van der Waals surface area contributed by atoms with E-state index < -0.39 is 10.0 Å². The van der Waals surface area contributed by atoms with Crippen LogP contribution in [0, 0.1) is 0 Å². The molecule has 0 unspecified atom stereocenters. The third-order valence-electron chi connectivity index (χ3n) is 4.60. The Morgan fingerprint density at radius 3 is 2.33 bits per heavy atom. The average molecular weight is 486 g/mol. The van der Waals surface area contributed by atoms with Crippen molar-refractivity contribution in [2.24, 2.45) is 5.73 Å². The molecule has 0 amide bonds. The van der Waals surface area contributed by atoms with Gasteiger partial charge < -0.3 is 21.3 Å². The molecule has 0 saturated heterocycles. The quantitative estimate of drug-likeness (QED) is 0.253. The average Bonchev–Trinajstić information content (AvgIpc) is 2.77. The van der Waals surface area contributed by atoms with E-state index in [1.807, 2.05) is 43.3 Å². The highest BCUT2D eigenvalue weighted by Crippen LogP contribution is 2.22. The van der Waals surface area contributed by atoms with E-state index in [9.17, 15) is 8.42 Å². The fraction of sp³-hybridized carbons (Fsp3) is 0.227. The molecule has 3 rings (SSSR count). The topological polar surface area (TPSA) is 125 Å². The number of aromatic nitrogens is 2. The summed E-state index contributed by atoms with van der Waals surface area (Å²) in [7, 11) is 0.351. The van der Waals surface area contributed by atoms with Gasteiger partial charge in [0.05, 0.1) is 10.6 Å². The zero-order valence-corrected chi connectivity index (χ0v) is 20.1. The molecule has 11 heteroatoms. The number of nitrogens with one attached hydrogen (secondary N) is 3. The number of thiocarbonyl (C=S) groups is 1. The monoisotopic (exact) mass is 485 g/mol. The summed E-state index contributed by atoms with van der Waals surface area (Å²) in [6.45, 7) is 1.20. The Morgan fingerprint density at radius 1 is 1.03 bits per heavy atom. The number of sulfonamides is 1. The molecule has 0 spiro atoms. The molecule has 174 valence electrons. The largest absolute Gasteiger partial charge is 0.376 e. The van der Waals surface area contributed by atoms with E-state index in [2.05, 4.69) is 25.3 Å². The lowest BCUT2D eigenvalue weighted by molar-refractivity contribution is 0.400. The molecular formula is C22H27N7O2S2. The molecule has 3 aromatic rings. The van der Waals surface area contributed by atoms with Crippen LogP contribution in [0.5, 0.6) is 0 Å². The highest BCUT2D eigenvalue weighted by atomic mass is 32.2. The molecule has 2 aromatic carbocycles. The Balaban J connectivity index is 1.65. The first-order valence-corrected chi connectivity index (χ1v) is 12.1. The highest BCUT2D eigenvalue weighted by Gasteiger charge is 2.13. The van der Waals surface area contributed by atoms with Crippen molar-refractivity contribution in [2.75, 3.05) is 37.8 Å². The first-order valence-electron chi connectivity index (χ1n) is 10.2. The molecule has 1 aromatic heterocycles. The summed E-state index contributed by atoms with van der Waals surface area (Å²) in [5, 5.41) is 6.19. The summed E-state index contributed by atoms with van der Waals surface area (Å²) >= 11 is 4.84. The Labute approximate surface area is 199 Å². The SMILES string of the molecule is CN(C)CCCNS(=O)(=O)c1ccc(Nc2nccc(-c3ccc(NC(N)=S)cc3)n2)cc1. The number of hydrogen-bond acceptors (Lipinski definition) is 7. The lowest BCUT2D eigenvalue weighted by Gasteiger charge is -2.11. The molecular weight excluding hydrogens is 458 g/mol. The number of anilines is 3. The van der Waals surface area contributed by atoms with Crippen molar-refractivity contribution in [1.29, 1.82) is 0 Å². The minimum absolute atomic E-state index is 0.204. The molecule has 0 radical (unpaired) electrons. The molecule has 9 nitrogen and oxygen atoms in total. The zero-order valence-electron chi connectivity index (χ0n) is 18.4. The summed E-state index contributed by atoms with van der Waals surface area (Å²) in [6, 6.07) is 15.8. The van der Waals surface area contributed by atoms with Crippen LogP contribution in [0.2, 0.25) is 0 Å². The van der Waals surface area contributed by atoms with Crippen molar-refractivity contribution in [3.63, 3.8) is 0 Å². The second-order valence-electron chi connectivity index (χ2n) is 7.54. The van der Waals surface area contributed by atoms with Gasteiger partial charge >= 0.3 is 0 Å². The highest BCUT2D eigenvalue weighted by molar-refractivity contribution is 7.89. The maximum Gasteiger partial charge on any atom is 0.240 e. The van der Waals surface area contributed by atoms with Gasteiger partial charge in [-0.2, -0.15) is 0 Å². The first kappa shape index (κ1) is 24.5. The predicted molar refractivity (Wildman–Crippen MR) is 136 cm³/mol. The van der Waals surface area contributed by atoms with E-state index in [1.54, 1.807) is 36.5 Å². The van der Waals surface area contributed by atoms with E-state index in [0.29, 0.717) is 18.2 Å². The molecule has 0 fully saturated rings. The molecule has 1 heterocycles. The lowest BCUT2D eigenvalue weighted by atomic mass is 10.1. The van der Waals surface area contributed by atoms with Gasteiger partial charge in [0.15, 0.2) is 5.11 Å². The van der Waals surface area contributed by atoms with Crippen LogP contribution in [0.1, 0.15) is 6.42 Å². The van der Waals surface area contributed by atoms with Gasteiger partial charge in [-0.1, -0.05) is 12.1 Å². The summed E-state index contributed by atoms with van der Waals surface area (Å²) in [6.07, 6.45) is 2.39. The summed E-state index contributed by atoms with van der Waals surface area (Å²) in [5.41, 5.74) is 8.59. The number of nitrogens with zero attached hydrogens (tertiary/aromatic N) is 3. The fourth-order valence-corrected chi connectivity index (χ4v) is 4.17. The molecule has 5 N–H and O–H groups in total. The van der Waals surface area contributed by atoms with Crippen molar-refractivity contribution < 1.29 is 8.42 Å². The maximum atomic E-state index is 12.4. The minimum atomic E-state index is -3.55. The normalized spacial score (nSPS) is 11.4. The molecule has 0 aliphatic carbocycles. The number of benzene rings is 2. The van der Waals surface area contributed by atoms with Gasteiger partial charge in [0.1, 0.15) is 0 Å². The number of rotatable bonds is 10. The Morgan fingerprint density at radius 2 is 1.70 bits per heavy atom. The van der Waals surface area contributed by atoms with Crippen LogP contribution in [0.15, 0.2) is 65.7 Å². The van der Waals surface area contributed by atoms with Gasteiger partial charge in [-0.15, -0.1) is 0 Å². The van der Waals surface area contributed by atoms with Crippen LogP contribution in [-0.4, -0.2) is 55.6 Å². The lowest BCUT2D eigenvalue weighted by Crippen LogP contribution is -2.27. The molecule has 0 bridgehead atoms. The Bertz CT molecular complexity index is 1180. The van der Waals surface area contributed by atoms with Crippen LogP contribution < -0.4 is 21.1 Å². The van der Waals surface area contributed by atoms with Crippen molar-refractivity contribution in [1.82, 2.24) is 19.6 Å². The van der Waals surface area contributed by atoms with Crippen LogP contribution in [-0.2, 0) is 10.0 Å². The van der Waals surface area contributed by atoms with Crippen molar-refractivity contribution >= 4 is 44.7 Å². The van der Waals surface area contributed by atoms with Crippen LogP contribution >= 0.6 is 12.2 Å². The van der Waals surface area contributed by atoms with E-state index in [1.165, 1.54) is 0 Å². The van der Waals surface area contributed by atoms with Gasteiger partial charge in [-0.05, 0) is 81.7 Å². The maximum absolute atomic E-state index is 12.4. The van der Waals surface area contributed by atoms with E-state index >= 15 is 0 Å². The first-order chi connectivity index (χ1) is 15.7. The molecule has 33 heavy (non-hydrogen) atoms. The van der Waals surface area contributed by atoms with Gasteiger partial charge in [-0.25, -0.2) is 23.1 Å². The van der Waals surface area contributed by atoms with Gasteiger partial charge in [0.2, 0.25) is 16.0 Å². The second kappa shape index (κ2) is 11.1. The standard InChI is InChI=1S/C22H27N7O2S2/c1-29(2)15-3-13-25-33(30,31)19-10-8-18(9-11-19)27-22-24-14-12-20(28-22)16-4-6-17(7-5-16)26-21(23)32/h4-12,14,25H,3,13,15H2,1-2H3,(H3,23,26,32)(H,24,27,28). The van der Waals surface area contributed by atoms with Crippen LogP contribution in [0.25, 0.3) is 11.3 Å². The molecule has 0 aliphatic heterocycles. The van der Waals surface area contributed by atoms with Crippen molar-refractivity contribution in [2.45, 2.75) is 11.3 Å². The van der Waals surface area contributed by atoms with Crippen LogP contribution in [0.3, 0.4) is 0 Å². The molecule has 0 atom stereocenters. The number of hydrogen-bond donors (Lipinski definition) is 4. The zero-order chi connectivity index (χ0) is 23.8. The summed E-state index contributed by atoms with van der Waals surface area (Å²) in [5.74, 6) is 0.398. The Kier molecular flexibility index (Phi) is 8.28. The summed E-state index contributed by atoms with van der Waals surface area (Å²) in [4.78, 5) is 11.0. The predicted octanol–water partition coefficient (Wildman–Crippen LogP) is 2.77. The third-order valence-corrected chi connectivity index (χ3v) is 6.18.